The van der Waals surface area contributed by atoms with Crippen LogP contribution in [0, 0.1) is 5.41 Å². The molecule has 0 aromatic rings. The lowest BCUT2D eigenvalue weighted by Crippen LogP contribution is -2.40. The van der Waals surface area contributed by atoms with Gasteiger partial charge in [-0.1, -0.05) is 18.1 Å². The summed E-state index contributed by atoms with van der Waals surface area (Å²) in [7, 11) is 1.78. The number of ether oxygens (including phenoxy) is 2. The van der Waals surface area contributed by atoms with Crippen LogP contribution in [0.15, 0.2) is 16.6 Å². The molecule has 1 aliphatic heterocycles. The number of nitrogens with zero attached hydrogens (tertiary/aromatic N) is 1. The van der Waals surface area contributed by atoms with Crippen molar-refractivity contribution >= 4 is 29.9 Å². The van der Waals surface area contributed by atoms with Crippen LogP contribution in [0.2, 0.25) is 0 Å². The molecule has 2 aliphatic rings. The molecular weight excluding hydrogens is 417 g/mol. The molecule has 5 nitrogen and oxygen atoms in total. The van der Waals surface area contributed by atoms with Gasteiger partial charge < -0.3 is 20.1 Å². The van der Waals surface area contributed by atoms with Crippen LogP contribution >= 0.6 is 24.0 Å². The van der Waals surface area contributed by atoms with E-state index in [9.17, 15) is 0 Å². The molecule has 6 heteroatoms. The molecule has 2 rings (SSSR count). The average molecular weight is 451 g/mol. The van der Waals surface area contributed by atoms with Crippen molar-refractivity contribution < 1.29 is 9.47 Å². The third kappa shape index (κ3) is 7.27. The van der Waals surface area contributed by atoms with E-state index in [1.165, 1.54) is 24.8 Å². The number of methoxy groups -OCH3 is 1. The number of aliphatic imine (C=N–C) groups is 1. The number of rotatable bonds is 9. The molecular formula is C18H34IN3O2. The number of guanidine groups is 1. The highest BCUT2D eigenvalue weighted by Gasteiger charge is 2.36. The number of nitrogens with one attached hydrogen (secondary N) is 2. The first-order valence-electron chi connectivity index (χ1n) is 9.05. The van der Waals surface area contributed by atoms with Gasteiger partial charge in [-0.05, 0) is 44.4 Å². The van der Waals surface area contributed by atoms with Crippen LogP contribution in [-0.4, -0.2) is 52.5 Å². The fraction of sp³-hybridized carbons (Fsp3) is 0.833. The fourth-order valence-corrected chi connectivity index (χ4v) is 3.20. The van der Waals surface area contributed by atoms with Gasteiger partial charge in [0.2, 0.25) is 0 Å². The monoisotopic (exact) mass is 451 g/mol. The summed E-state index contributed by atoms with van der Waals surface area (Å²) in [6, 6.07) is 0. The van der Waals surface area contributed by atoms with Crippen molar-refractivity contribution in [2.24, 2.45) is 10.4 Å². The molecule has 0 aromatic heterocycles. The second-order valence-corrected chi connectivity index (χ2v) is 6.66. The van der Waals surface area contributed by atoms with Crippen LogP contribution in [0.3, 0.4) is 0 Å². The standard InChI is InChI=1S/C18H33N3O2.HI/c1-3-19-17(20-11-5-16-6-12-23-13-7-16)21-15-18(8-4-9-18)10-14-22-2;/h6H,3-5,7-15H2,1-2H3,(H2,19,20,21);1H. The van der Waals surface area contributed by atoms with Crippen molar-refractivity contribution in [2.75, 3.05) is 46.6 Å². The van der Waals surface area contributed by atoms with Gasteiger partial charge in [-0.25, -0.2) is 0 Å². The quantitative estimate of drug-likeness (QED) is 0.245. The molecule has 0 aromatic carbocycles. The van der Waals surface area contributed by atoms with E-state index in [2.05, 4.69) is 23.6 Å². The minimum absolute atomic E-state index is 0. The highest BCUT2D eigenvalue weighted by atomic mass is 127. The predicted octanol–water partition coefficient (Wildman–Crippen LogP) is 3.10. The van der Waals surface area contributed by atoms with Gasteiger partial charge in [0, 0.05) is 33.4 Å². The summed E-state index contributed by atoms with van der Waals surface area (Å²) in [5.74, 6) is 0.948. The molecule has 1 saturated carbocycles. The van der Waals surface area contributed by atoms with Gasteiger partial charge in [0.25, 0.3) is 0 Å². The SMILES string of the molecule is CCNC(=NCC1(CCOC)CCC1)NCCC1=CCOCC1.I. The number of halogens is 1. The Kier molecular flexibility index (Phi) is 10.9. The zero-order valence-electron chi connectivity index (χ0n) is 15.2. The second-order valence-electron chi connectivity index (χ2n) is 6.66. The molecule has 0 amide bonds. The fourth-order valence-electron chi connectivity index (χ4n) is 3.20. The molecule has 0 spiro atoms. The Bertz CT molecular complexity index is 409. The normalized spacial score (nSPS) is 19.8. The summed E-state index contributed by atoms with van der Waals surface area (Å²) >= 11 is 0. The maximum Gasteiger partial charge on any atom is 0.191 e. The van der Waals surface area contributed by atoms with Gasteiger partial charge in [-0.15, -0.1) is 24.0 Å². The Morgan fingerprint density at radius 2 is 2.21 bits per heavy atom. The lowest BCUT2D eigenvalue weighted by atomic mass is 9.67. The largest absolute Gasteiger partial charge is 0.385 e. The second kappa shape index (κ2) is 12.1. The van der Waals surface area contributed by atoms with E-state index in [0.29, 0.717) is 5.41 Å². The lowest BCUT2D eigenvalue weighted by Gasteiger charge is -2.40. The Hall–Kier alpha value is -0.340. The van der Waals surface area contributed by atoms with E-state index in [0.717, 1.165) is 64.7 Å². The Morgan fingerprint density at radius 1 is 1.38 bits per heavy atom. The summed E-state index contributed by atoms with van der Waals surface area (Å²) in [4.78, 5) is 4.84. The zero-order valence-corrected chi connectivity index (χ0v) is 17.6. The topological polar surface area (TPSA) is 54.9 Å². The first-order valence-corrected chi connectivity index (χ1v) is 9.05. The van der Waals surface area contributed by atoms with Crippen LogP contribution < -0.4 is 10.6 Å². The van der Waals surface area contributed by atoms with Gasteiger partial charge in [-0.2, -0.15) is 0 Å². The molecule has 0 radical (unpaired) electrons. The summed E-state index contributed by atoms with van der Waals surface area (Å²) < 4.78 is 10.6. The molecule has 1 fully saturated rings. The Labute approximate surface area is 164 Å². The molecule has 1 aliphatic carbocycles. The highest BCUT2D eigenvalue weighted by Crippen LogP contribution is 2.44. The van der Waals surface area contributed by atoms with Gasteiger partial charge in [0.15, 0.2) is 5.96 Å². The number of hydrogen-bond donors (Lipinski definition) is 2. The van der Waals surface area contributed by atoms with E-state index < -0.39 is 0 Å². The smallest absolute Gasteiger partial charge is 0.191 e. The summed E-state index contributed by atoms with van der Waals surface area (Å²) in [5, 5.41) is 6.83. The molecule has 0 saturated heterocycles. The average Bonchev–Trinajstić information content (AvgIpc) is 2.54. The molecule has 0 bridgehead atoms. The third-order valence-electron chi connectivity index (χ3n) is 4.96. The van der Waals surface area contributed by atoms with Gasteiger partial charge in [0.05, 0.1) is 13.2 Å². The van der Waals surface area contributed by atoms with Crippen molar-refractivity contribution in [1.82, 2.24) is 10.6 Å². The number of hydrogen-bond acceptors (Lipinski definition) is 3. The summed E-state index contributed by atoms with van der Waals surface area (Å²) in [6.07, 6.45) is 9.37. The van der Waals surface area contributed by atoms with E-state index >= 15 is 0 Å². The van der Waals surface area contributed by atoms with E-state index in [1.54, 1.807) is 7.11 Å². The summed E-state index contributed by atoms with van der Waals surface area (Å²) in [5.41, 5.74) is 1.87. The minimum Gasteiger partial charge on any atom is -0.385 e. The molecule has 24 heavy (non-hydrogen) atoms. The highest BCUT2D eigenvalue weighted by molar-refractivity contribution is 14.0. The van der Waals surface area contributed by atoms with Crippen molar-refractivity contribution in [1.29, 1.82) is 0 Å². The van der Waals surface area contributed by atoms with Gasteiger partial charge >= 0.3 is 0 Å². The molecule has 2 N–H and O–H groups in total. The van der Waals surface area contributed by atoms with Crippen LogP contribution in [0.4, 0.5) is 0 Å². The van der Waals surface area contributed by atoms with E-state index in [4.69, 9.17) is 14.5 Å². The molecule has 0 unspecified atom stereocenters. The maximum atomic E-state index is 5.35. The van der Waals surface area contributed by atoms with Crippen molar-refractivity contribution in [2.45, 2.75) is 45.4 Å². The first-order chi connectivity index (χ1) is 11.3. The maximum absolute atomic E-state index is 5.35. The Balaban J connectivity index is 0.00000288. The zero-order chi connectivity index (χ0) is 16.4. The van der Waals surface area contributed by atoms with Crippen LogP contribution in [0.5, 0.6) is 0 Å². The van der Waals surface area contributed by atoms with Crippen molar-refractivity contribution in [3.05, 3.63) is 11.6 Å². The first kappa shape index (κ1) is 21.7. The van der Waals surface area contributed by atoms with Crippen LogP contribution in [-0.2, 0) is 9.47 Å². The lowest BCUT2D eigenvalue weighted by molar-refractivity contribution is 0.0778. The van der Waals surface area contributed by atoms with E-state index in [-0.39, 0.29) is 24.0 Å². The molecule has 1 heterocycles. The third-order valence-corrected chi connectivity index (χ3v) is 4.96. The van der Waals surface area contributed by atoms with Crippen molar-refractivity contribution in [3.63, 3.8) is 0 Å². The molecule has 0 atom stereocenters. The van der Waals surface area contributed by atoms with Crippen LogP contribution in [0.25, 0.3) is 0 Å². The summed E-state index contributed by atoms with van der Waals surface area (Å²) in [6.45, 7) is 7.32. The van der Waals surface area contributed by atoms with E-state index in [1.807, 2.05) is 0 Å². The Morgan fingerprint density at radius 3 is 2.79 bits per heavy atom. The van der Waals surface area contributed by atoms with Crippen LogP contribution in [0.1, 0.15) is 45.4 Å². The van der Waals surface area contributed by atoms with Gasteiger partial charge in [0.1, 0.15) is 0 Å². The van der Waals surface area contributed by atoms with Gasteiger partial charge in [-0.3, -0.25) is 4.99 Å². The minimum atomic E-state index is 0. The van der Waals surface area contributed by atoms with Crippen molar-refractivity contribution in [3.8, 4) is 0 Å². The predicted molar refractivity (Wildman–Crippen MR) is 110 cm³/mol. The molecule has 140 valence electrons.